The monoisotopic (exact) mass is 424 g/mol. The van der Waals surface area contributed by atoms with Crippen molar-refractivity contribution in [2.45, 2.75) is 19.4 Å². The number of hydrogen-bond donors (Lipinski definition) is 1. The molecule has 0 bridgehead atoms. The Morgan fingerprint density at radius 3 is 2.47 bits per heavy atom. The molecule has 7 heteroatoms. The molecule has 0 saturated heterocycles. The summed E-state index contributed by atoms with van der Waals surface area (Å²) in [6.45, 7) is 3.40. The van der Waals surface area contributed by atoms with Crippen LogP contribution in [0.3, 0.4) is 0 Å². The van der Waals surface area contributed by atoms with Crippen LogP contribution in [-0.2, 0) is 0 Å². The molecule has 154 valence electrons. The lowest BCUT2D eigenvalue weighted by atomic mass is 10.2. The Labute approximate surface area is 179 Å². The number of aliphatic hydroxyl groups is 1. The van der Waals surface area contributed by atoms with Gasteiger partial charge in [0.1, 0.15) is 12.3 Å². The van der Waals surface area contributed by atoms with Crippen LogP contribution in [0.15, 0.2) is 59.5 Å². The molecule has 0 aliphatic rings. The molecule has 0 atom stereocenters. The van der Waals surface area contributed by atoms with Crippen LogP contribution < -0.4 is 15.2 Å². The van der Waals surface area contributed by atoms with Gasteiger partial charge in [0.05, 0.1) is 18.4 Å². The molecule has 0 saturated carbocycles. The normalized spacial score (nSPS) is 10.8. The first-order chi connectivity index (χ1) is 14.2. The van der Waals surface area contributed by atoms with Gasteiger partial charge in [0.25, 0.3) is 0 Å². The van der Waals surface area contributed by atoms with Crippen LogP contribution >= 0.6 is 11.6 Å². The molecule has 3 aromatic rings. The molecule has 1 N–H and O–H groups in total. The molecule has 0 unspecified atom stereocenters. The van der Waals surface area contributed by atoms with E-state index in [1.807, 2.05) is 0 Å². The maximum absolute atomic E-state index is 12.5. The first-order valence-electron chi connectivity index (χ1n) is 9.16. The molecule has 1 heterocycles. The summed E-state index contributed by atoms with van der Waals surface area (Å²) in [6.07, 6.45) is 1.60. The first-order valence-corrected chi connectivity index (χ1v) is 9.54. The smallest absolute Gasteiger partial charge is 0.353 e. The quantitative estimate of drug-likeness (QED) is 0.635. The average molecular weight is 425 g/mol. The van der Waals surface area contributed by atoms with Crippen LogP contribution in [0.25, 0.3) is 5.69 Å². The van der Waals surface area contributed by atoms with Gasteiger partial charge < -0.3 is 14.6 Å². The minimum atomic E-state index is -0.979. The second-order valence-corrected chi connectivity index (χ2v) is 7.59. The molecule has 0 aliphatic carbocycles. The number of benzene rings is 2. The van der Waals surface area contributed by atoms with Crippen molar-refractivity contribution in [2.75, 3.05) is 13.7 Å². The highest BCUT2D eigenvalue weighted by Crippen LogP contribution is 2.29. The van der Waals surface area contributed by atoms with Gasteiger partial charge in [-0.2, -0.15) is 4.98 Å². The highest BCUT2D eigenvalue weighted by atomic mass is 35.5. The predicted octanol–water partition coefficient (Wildman–Crippen LogP) is 3.44. The fourth-order valence-electron chi connectivity index (χ4n) is 2.52. The minimum absolute atomic E-state index is 0.102. The van der Waals surface area contributed by atoms with Crippen LogP contribution in [0.5, 0.6) is 11.5 Å². The van der Waals surface area contributed by atoms with E-state index in [2.05, 4.69) is 16.8 Å². The number of ether oxygens (including phenoxy) is 2. The fourth-order valence-corrected chi connectivity index (χ4v) is 2.64. The van der Waals surface area contributed by atoms with E-state index in [1.165, 1.54) is 11.7 Å². The van der Waals surface area contributed by atoms with Crippen molar-refractivity contribution in [3.05, 3.63) is 81.5 Å². The number of halogens is 1. The van der Waals surface area contributed by atoms with Crippen LogP contribution in [0.1, 0.15) is 25.1 Å². The van der Waals surface area contributed by atoms with E-state index in [0.717, 1.165) is 5.56 Å². The van der Waals surface area contributed by atoms with Crippen molar-refractivity contribution in [1.82, 2.24) is 9.55 Å². The Morgan fingerprint density at radius 2 is 1.83 bits per heavy atom. The summed E-state index contributed by atoms with van der Waals surface area (Å²) in [5.41, 5.74) is 0.260. The number of rotatable bonds is 5. The average Bonchev–Trinajstić information content (AvgIpc) is 2.71. The summed E-state index contributed by atoms with van der Waals surface area (Å²) < 4.78 is 12.4. The summed E-state index contributed by atoms with van der Waals surface area (Å²) in [4.78, 5) is 16.5. The van der Waals surface area contributed by atoms with Crippen LogP contribution in [0, 0.1) is 11.8 Å². The lowest BCUT2D eigenvalue weighted by Crippen LogP contribution is -2.28. The Morgan fingerprint density at radius 1 is 1.10 bits per heavy atom. The minimum Gasteiger partial charge on any atom is -0.493 e. The third kappa shape index (κ3) is 5.63. The molecule has 0 fully saturated rings. The fraction of sp³-hybridized carbons (Fsp3) is 0.217. The zero-order valence-electron chi connectivity index (χ0n) is 16.8. The molecular weight excluding hydrogens is 404 g/mol. The Kier molecular flexibility index (Phi) is 6.46. The molecule has 6 nitrogen and oxygen atoms in total. The zero-order valence-corrected chi connectivity index (χ0v) is 17.6. The molecule has 3 rings (SSSR count). The number of aromatic nitrogens is 2. The van der Waals surface area contributed by atoms with Gasteiger partial charge in [-0.1, -0.05) is 17.5 Å². The van der Waals surface area contributed by atoms with Crippen molar-refractivity contribution in [1.29, 1.82) is 0 Å². The maximum atomic E-state index is 12.5. The Hall–Kier alpha value is -3.27. The molecule has 30 heavy (non-hydrogen) atoms. The van der Waals surface area contributed by atoms with Crippen molar-refractivity contribution in [3.8, 4) is 29.0 Å². The molecule has 1 aromatic heterocycles. The highest BCUT2D eigenvalue weighted by molar-refractivity contribution is 6.30. The lowest BCUT2D eigenvalue weighted by molar-refractivity contribution is 0.0276. The standard InChI is InChI=1S/C23H21ClN2O4/c1-23(2,28)15-30-20-11-10-19(14-21(20)29-3)26-13-12-18(25-22(26)27)9-6-16-4-7-17(24)8-5-16/h4-5,7-8,10-14,28H,15H2,1-3H3. The molecular formula is C23H21ClN2O4. The third-order valence-corrected chi connectivity index (χ3v) is 4.24. The van der Waals surface area contributed by atoms with E-state index < -0.39 is 11.3 Å². The Balaban J connectivity index is 1.84. The second-order valence-electron chi connectivity index (χ2n) is 7.16. The number of methoxy groups -OCH3 is 1. The molecule has 0 aliphatic heterocycles. The van der Waals surface area contributed by atoms with Crippen molar-refractivity contribution < 1.29 is 14.6 Å². The third-order valence-electron chi connectivity index (χ3n) is 3.99. The van der Waals surface area contributed by atoms with E-state index in [0.29, 0.717) is 27.9 Å². The summed E-state index contributed by atoms with van der Waals surface area (Å²) >= 11 is 5.86. The number of nitrogens with zero attached hydrogens (tertiary/aromatic N) is 2. The first kappa shape index (κ1) is 21.4. The summed E-state index contributed by atoms with van der Waals surface area (Å²) in [5, 5.41) is 10.5. The molecule has 2 aromatic carbocycles. The molecule has 0 radical (unpaired) electrons. The topological polar surface area (TPSA) is 73.6 Å². The van der Waals surface area contributed by atoms with E-state index in [-0.39, 0.29) is 6.61 Å². The maximum Gasteiger partial charge on any atom is 0.353 e. The van der Waals surface area contributed by atoms with E-state index >= 15 is 0 Å². The SMILES string of the molecule is COc1cc(-n2ccc(C#Cc3ccc(Cl)cc3)nc2=O)ccc1OCC(C)(C)O. The molecule has 0 amide bonds. The van der Waals surface area contributed by atoms with Gasteiger partial charge in [0, 0.05) is 22.8 Å². The van der Waals surface area contributed by atoms with Crippen LogP contribution in [0.4, 0.5) is 0 Å². The Bertz CT molecular complexity index is 1150. The van der Waals surface area contributed by atoms with Gasteiger partial charge in [-0.15, -0.1) is 0 Å². The second kappa shape index (κ2) is 9.04. The summed E-state index contributed by atoms with van der Waals surface area (Å²) in [5.74, 6) is 6.73. The summed E-state index contributed by atoms with van der Waals surface area (Å²) in [6, 6.07) is 13.8. The predicted molar refractivity (Wildman–Crippen MR) is 116 cm³/mol. The van der Waals surface area contributed by atoms with Crippen molar-refractivity contribution in [2.24, 2.45) is 0 Å². The van der Waals surface area contributed by atoms with Gasteiger partial charge in [0.15, 0.2) is 11.5 Å². The van der Waals surface area contributed by atoms with Gasteiger partial charge >= 0.3 is 5.69 Å². The van der Waals surface area contributed by atoms with Gasteiger partial charge in [0.2, 0.25) is 0 Å². The highest BCUT2D eigenvalue weighted by Gasteiger charge is 2.16. The summed E-state index contributed by atoms with van der Waals surface area (Å²) in [7, 11) is 1.51. The van der Waals surface area contributed by atoms with Crippen molar-refractivity contribution >= 4 is 11.6 Å². The number of hydrogen-bond acceptors (Lipinski definition) is 5. The van der Waals surface area contributed by atoms with Crippen LogP contribution in [0.2, 0.25) is 5.02 Å². The van der Waals surface area contributed by atoms with Crippen molar-refractivity contribution in [3.63, 3.8) is 0 Å². The lowest BCUT2D eigenvalue weighted by Gasteiger charge is -2.19. The van der Waals surface area contributed by atoms with Gasteiger partial charge in [-0.05, 0) is 62.2 Å². The molecule has 0 spiro atoms. The van der Waals surface area contributed by atoms with Gasteiger partial charge in [-0.3, -0.25) is 4.57 Å². The largest absolute Gasteiger partial charge is 0.493 e. The van der Waals surface area contributed by atoms with E-state index in [1.54, 1.807) is 68.6 Å². The van der Waals surface area contributed by atoms with E-state index in [9.17, 15) is 9.90 Å². The zero-order chi connectivity index (χ0) is 21.7. The van der Waals surface area contributed by atoms with E-state index in [4.69, 9.17) is 21.1 Å². The van der Waals surface area contributed by atoms with Gasteiger partial charge in [-0.25, -0.2) is 4.79 Å². The van der Waals surface area contributed by atoms with Crippen LogP contribution in [-0.4, -0.2) is 34.0 Å².